The quantitative estimate of drug-likeness (QED) is 0.427. The number of para-hydroxylation sites is 1. The summed E-state index contributed by atoms with van der Waals surface area (Å²) in [7, 11) is 0. The van der Waals surface area contributed by atoms with Crippen LogP contribution in [0.15, 0.2) is 72.3 Å². The molecule has 0 bridgehead atoms. The molecule has 2 heterocycles. The van der Waals surface area contributed by atoms with E-state index < -0.39 is 5.25 Å². The molecule has 0 spiro atoms. The molecule has 0 amide bonds. The lowest BCUT2D eigenvalue weighted by Crippen LogP contribution is -2.10. The summed E-state index contributed by atoms with van der Waals surface area (Å²) < 4.78 is 0. The molecule has 0 saturated heterocycles. The molecule has 6 heteroatoms. The number of fused-ring (bicyclic) bond motifs is 1. The number of thioether (sulfide) groups is 1. The number of carbonyl (C=O) groups excluding carboxylic acids is 1. The monoisotopic (exact) mass is 334 g/mol. The Labute approximate surface area is 142 Å². The Morgan fingerprint density at radius 3 is 2.62 bits per heavy atom. The molecule has 118 valence electrons. The van der Waals surface area contributed by atoms with Crippen LogP contribution >= 0.6 is 11.8 Å². The van der Waals surface area contributed by atoms with Gasteiger partial charge in [-0.2, -0.15) is 5.10 Å². The molecule has 0 radical (unpaired) electrons. The van der Waals surface area contributed by atoms with Crippen LogP contribution in [-0.4, -0.2) is 25.9 Å². The molecule has 0 aliphatic rings. The number of rotatable bonds is 5. The lowest BCUT2D eigenvalue weighted by Gasteiger charge is -2.14. The maximum atomic E-state index is 13.2. The Hall–Kier alpha value is -2.86. The Morgan fingerprint density at radius 2 is 1.83 bits per heavy atom. The van der Waals surface area contributed by atoms with Crippen LogP contribution < -0.4 is 0 Å². The van der Waals surface area contributed by atoms with Crippen LogP contribution in [0, 0.1) is 0 Å². The Kier molecular flexibility index (Phi) is 3.88. The summed E-state index contributed by atoms with van der Waals surface area (Å²) in [5.41, 5.74) is 2.58. The molecule has 2 aromatic carbocycles. The Morgan fingerprint density at radius 1 is 1.04 bits per heavy atom. The predicted molar refractivity (Wildman–Crippen MR) is 94.1 cm³/mol. The van der Waals surface area contributed by atoms with Crippen molar-refractivity contribution in [2.45, 2.75) is 10.4 Å². The van der Waals surface area contributed by atoms with Gasteiger partial charge >= 0.3 is 0 Å². The predicted octanol–water partition coefficient (Wildman–Crippen LogP) is 4.00. The second kappa shape index (κ2) is 6.33. The molecule has 0 aliphatic heterocycles. The van der Waals surface area contributed by atoms with E-state index in [4.69, 9.17) is 0 Å². The molecule has 2 N–H and O–H groups in total. The van der Waals surface area contributed by atoms with Gasteiger partial charge in [0.1, 0.15) is 11.6 Å². The minimum atomic E-state index is -0.390. The van der Waals surface area contributed by atoms with E-state index in [1.165, 1.54) is 18.1 Å². The number of hydrogen-bond donors (Lipinski definition) is 2. The number of aromatic amines is 2. The number of H-pyrrole nitrogens is 2. The summed E-state index contributed by atoms with van der Waals surface area (Å²) >= 11 is 1.37. The van der Waals surface area contributed by atoms with Gasteiger partial charge in [0.25, 0.3) is 0 Å². The number of hydrogen-bond acceptors (Lipinski definition) is 4. The molecule has 24 heavy (non-hydrogen) atoms. The maximum Gasteiger partial charge on any atom is 0.184 e. The van der Waals surface area contributed by atoms with Crippen molar-refractivity contribution in [3.63, 3.8) is 0 Å². The van der Waals surface area contributed by atoms with Crippen molar-refractivity contribution in [2.75, 3.05) is 0 Å². The number of carbonyl (C=O) groups is 1. The average Bonchev–Trinajstić information content (AvgIpc) is 3.29. The average molecular weight is 334 g/mol. The first-order valence-electron chi connectivity index (χ1n) is 7.50. The van der Waals surface area contributed by atoms with Crippen molar-refractivity contribution in [3.05, 3.63) is 78.2 Å². The number of Topliss-reactive ketones (excluding diaryl/α,β-unsaturated/α-hetero) is 1. The SMILES string of the molecule is O=C(c1c[nH]c2ccccc12)[C@H](Sc1ncn[nH]1)c1ccccc1. The maximum absolute atomic E-state index is 13.2. The first-order valence-corrected chi connectivity index (χ1v) is 8.38. The van der Waals surface area contributed by atoms with Gasteiger partial charge in [0.15, 0.2) is 10.9 Å². The lowest BCUT2D eigenvalue weighted by atomic mass is 10.0. The van der Waals surface area contributed by atoms with E-state index >= 15 is 0 Å². The minimum absolute atomic E-state index is 0.0417. The summed E-state index contributed by atoms with van der Waals surface area (Å²) in [6.45, 7) is 0. The second-order valence-corrected chi connectivity index (χ2v) is 6.41. The standard InChI is InChI=1S/C18H14N4OS/c23-16(14-10-19-15-9-5-4-8-13(14)15)17(12-6-2-1-3-7-12)24-18-20-11-21-22-18/h1-11,17,19H,(H,20,21,22)/t17-/m1/s1. The largest absolute Gasteiger partial charge is 0.360 e. The highest BCUT2D eigenvalue weighted by Gasteiger charge is 2.26. The van der Waals surface area contributed by atoms with Gasteiger partial charge in [-0.25, -0.2) is 4.98 Å². The number of nitrogens with one attached hydrogen (secondary N) is 2. The van der Waals surface area contributed by atoms with Crippen molar-refractivity contribution in [3.8, 4) is 0 Å². The van der Waals surface area contributed by atoms with E-state index in [9.17, 15) is 4.79 Å². The third-order valence-corrected chi connectivity index (χ3v) is 4.96. The summed E-state index contributed by atoms with van der Waals surface area (Å²) in [4.78, 5) is 20.6. The second-order valence-electron chi connectivity index (χ2n) is 5.31. The molecule has 5 nitrogen and oxygen atoms in total. The molecular formula is C18H14N4OS. The van der Waals surface area contributed by atoms with Gasteiger partial charge in [-0.15, -0.1) is 0 Å². The highest BCUT2D eigenvalue weighted by Crippen LogP contribution is 2.37. The van der Waals surface area contributed by atoms with Crippen LogP contribution in [0.25, 0.3) is 10.9 Å². The summed E-state index contributed by atoms with van der Waals surface area (Å²) in [5, 5.41) is 7.85. The molecule has 4 aromatic rings. The van der Waals surface area contributed by atoms with Crippen LogP contribution in [0.2, 0.25) is 0 Å². The van der Waals surface area contributed by atoms with Crippen LogP contribution in [0.5, 0.6) is 0 Å². The fraction of sp³-hybridized carbons (Fsp3) is 0.0556. The van der Waals surface area contributed by atoms with E-state index in [2.05, 4.69) is 20.2 Å². The molecule has 0 fully saturated rings. The zero-order valence-corrected chi connectivity index (χ0v) is 13.5. The molecule has 1 atom stereocenters. The number of nitrogens with zero attached hydrogens (tertiary/aromatic N) is 2. The lowest BCUT2D eigenvalue weighted by molar-refractivity contribution is 0.0991. The van der Waals surface area contributed by atoms with Gasteiger partial charge in [0, 0.05) is 22.7 Å². The molecule has 4 rings (SSSR count). The van der Waals surface area contributed by atoms with Gasteiger partial charge in [0.2, 0.25) is 0 Å². The van der Waals surface area contributed by atoms with Gasteiger partial charge in [-0.3, -0.25) is 9.89 Å². The molecule has 0 unspecified atom stereocenters. The van der Waals surface area contributed by atoms with Crippen LogP contribution in [-0.2, 0) is 0 Å². The van der Waals surface area contributed by atoms with E-state index in [0.717, 1.165) is 16.5 Å². The summed E-state index contributed by atoms with van der Waals surface area (Å²) in [5.74, 6) is 0.0417. The van der Waals surface area contributed by atoms with Crippen molar-refractivity contribution in [2.24, 2.45) is 0 Å². The van der Waals surface area contributed by atoms with Crippen molar-refractivity contribution in [1.29, 1.82) is 0 Å². The fourth-order valence-corrected chi connectivity index (χ4v) is 3.64. The van der Waals surface area contributed by atoms with Crippen molar-refractivity contribution in [1.82, 2.24) is 20.2 Å². The topological polar surface area (TPSA) is 74.4 Å². The first kappa shape index (κ1) is 14.7. The molecule has 0 saturated carbocycles. The Balaban J connectivity index is 1.76. The van der Waals surface area contributed by atoms with Gasteiger partial charge in [-0.05, 0) is 11.6 Å². The van der Waals surface area contributed by atoms with Gasteiger partial charge in [0.05, 0.1) is 0 Å². The van der Waals surface area contributed by atoms with E-state index in [1.54, 1.807) is 6.20 Å². The van der Waals surface area contributed by atoms with Crippen LogP contribution in [0.4, 0.5) is 0 Å². The third-order valence-electron chi connectivity index (χ3n) is 3.82. The third kappa shape index (κ3) is 2.72. The zero-order chi connectivity index (χ0) is 16.4. The zero-order valence-electron chi connectivity index (χ0n) is 12.6. The number of aromatic nitrogens is 4. The number of benzene rings is 2. The molecule has 2 aromatic heterocycles. The van der Waals surface area contributed by atoms with Gasteiger partial charge < -0.3 is 4.98 Å². The van der Waals surface area contributed by atoms with E-state index in [-0.39, 0.29) is 5.78 Å². The molecule has 0 aliphatic carbocycles. The normalized spacial score (nSPS) is 12.3. The highest BCUT2D eigenvalue weighted by atomic mass is 32.2. The first-order chi connectivity index (χ1) is 11.8. The van der Waals surface area contributed by atoms with Crippen molar-refractivity contribution >= 4 is 28.4 Å². The van der Waals surface area contributed by atoms with Crippen molar-refractivity contribution < 1.29 is 4.79 Å². The fourth-order valence-electron chi connectivity index (χ4n) is 2.68. The summed E-state index contributed by atoms with van der Waals surface area (Å²) in [6.07, 6.45) is 3.23. The number of ketones is 1. The Bertz CT molecular complexity index is 963. The van der Waals surface area contributed by atoms with E-state index in [0.29, 0.717) is 10.7 Å². The van der Waals surface area contributed by atoms with E-state index in [1.807, 2.05) is 54.6 Å². The highest BCUT2D eigenvalue weighted by molar-refractivity contribution is 8.00. The van der Waals surface area contributed by atoms with Crippen LogP contribution in [0.3, 0.4) is 0 Å². The van der Waals surface area contributed by atoms with Crippen LogP contribution in [0.1, 0.15) is 21.2 Å². The molecular weight excluding hydrogens is 320 g/mol. The summed E-state index contributed by atoms with van der Waals surface area (Å²) in [6, 6.07) is 17.5. The smallest absolute Gasteiger partial charge is 0.184 e. The minimum Gasteiger partial charge on any atom is -0.360 e. The van der Waals surface area contributed by atoms with Gasteiger partial charge in [-0.1, -0.05) is 60.3 Å².